The van der Waals surface area contributed by atoms with Crippen LogP contribution in [0.3, 0.4) is 0 Å². The summed E-state index contributed by atoms with van der Waals surface area (Å²) in [5, 5.41) is 5.50. The van der Waals surface area contributed by atoms with E-state index in [0.717, 1.165) is 29.0 Å². The average molecular weight is 463 g/mol. The van der Waals surface area contributed by atoms with Gasteiger partial charge in [0.25, 0.3) is 0 Å². The van der Waals surface area contributed by atoms with Crippen molar-refractivity contribution in [3.8, 4) is 5.75 Å². The van der Waals surface area contributed by atoms with E-state index in [9.17, 15) is 9.59 Å². The molecule has 2 amide bonds. The average Bonchev–Trinajstić information content (AvgIpc) is 2.84. The maximum Gasteiger partial charge on any atom is 0.242 e. The molecule has 0 spiro atoms. The van der Waals surface area contributed by atoms with Gasteiger partial charge in [0.2, 0.25) is 11.8 Å². The van der Waals surface area contributed by atoms with Crippen LogP contribution in [0.1, 0.15) is 43.9 Å². The number of amides is 2. The molecule has 3 aromatic rings. The molecule has 0 aliphatic heterocycles. The number of benzene rings is 3. The molecular formula is C27H30N2O3S. The van der Waals surface area contributed by atoms with Crippen LogP contribution in [0.15, 0.2) is 83.8 Å². The molecular weight excluding hydrogens is 432 g/mol. The van der Waals surface area contributed by atoms with E-state index in [2.05, 4.69) is 17.6 Å². The van der Waals surface area contributed by atoms with Crippen LogP contribution >= 0.6 is 11.8 Å². The van der Waals surface area contributed by atoms with Crippen molar-refractivity contribution in [2.75, 3.05) is 17.2 Å². The Morgan fingerprint density at radius 2 is 1.58 bits per heavy atom. The molecule has 0 heterocycles. The van der Waals surface area contributed by atoms with E-state index in [4.69, 9.17) is 4.74 Å². The van der Waals surface area contributed by atoms with Gasteiger partial charge in [-0.3, -0.25) is 9.59 Å². The number of unbranched alkanes of at least 4 members (excludes halogenated alkanes) is 1. The lowest BCUT2D eigenvalue weighted by atomic mass is 10.1. The Morgan fingerprint density at radius 3 is 2.27 bits per heavy atom. The molecule has 3 aromatic carbocycles. The van der Waals surface area contributed by atoms with E-state index in [1.807, 2.05) is 85.8 Å². The number of anilines is 2. The molecule has 0 saturated carbocycles. The highest BCUT2D eigenvalue weighted by molar-refractivity contribution is 8.00. The first-order valence-corrected chi connectivity index (χ1v) is 12.1. The number of hydrogen-bond donors (Lipinski definition) is 2. The molecule has 0 aliphatic rings. The quantitative estimate of drug-likeness (QED) is 0.312. The highest BCUT2D eigenvalue weighted by Crippen LogP contribution is 2.37. The van der Waals surface area contributed by atoms with Crippen molar-refractivity contribution in [1.29, 1.82) is 0 Å². The summed E-state index contributed by atoms with van der Waals surface area (Å²) in [5.74, 6) is 0.537. The molecule has 0 fully saturated rings. The van der Waals surface area contributed by atoms with E-state index in [-0.39, 0.29) is 11.8 Å². The van der Waals surface area contributed by atoms with Gasteiger partial charge < -0.3 is 15.4 Å². The van der Waals surface area contributed by atoms with E-state index in [1.54, 1.807) is 0 Å². The second kappa shape index (κ2) is 12.7. The molecule has 0 aromatic heterocycles. The summed E-state index contributed by atoms with van der Waals surface area (Å²) in [4.78, 5) is 26.3. The van der Waals surface area contributed by atoms with Crippen LogP contribution in [0.5, 0.6) is 5.75 Å². The first-order valence-electron chi connectivity index (χ1n) is 11.2. The lowest BCUT2D eigenvalue weighted by molar-refractivity contribution is -0.116. The Morgan fingerprint density at radius 1 is 0.879 bits per heavy atom. The molecule has 1 atom stereocenters. The number of rotatable bonds is 11. The molecule has 3 rings (SSSR count). The van der Waals surface area contributed by atoms with Crippen LogP contribution in [-0.4, -0.2) is 18.4 Å². The summed E-state index contributed by atoms with van der Waals surface area (Å²) < 4.78 is 5.65. The maximum atomic E-state index is 13.3. The Balaban J connectivity index is 1.75. The van der Waals surface area contributed by atoms with Crippen molar-refractivity contribution < 1.29 is 14.3 Å². The van der Waals surface area contributed by atoms with Gasteiger partial charge in [0.15, 0.2) is 0 Å². The van der Waals surface area contributed by atoms with Crippen LogP contribution in [0.25, 0.3) is 0 Å². The largest absolute Gasteiger partial charge is 0.492 e. The zero-order chi connectivity index (χ0) is 23.5. The number of hydrogen-bond acceptors (Lipinski definition) is 4. The number of carbonyl (C=O) groups excluding carboxylic acids is 2. The first-order chi connectivity index (χ1) is 16.1. The van der Waals surface area contributed by atoms with Gasteiger partial charge in [-0.15, -0.1) is 11.8 Å². The van der Waals surface area contributed by atoms with Crippen molar-refractivity contribution in [2.45, 2.75) is 43.3 Å². The second-order valence-corrected chi connectivity index (χ2v) is 8.68. The molecule has 0 saturated heterocycles. The highest BCUT2D eigenvalue weighted by Gasteiger charge is 2.23. The van der Waals surface area contributed by atoms with E-state index >= 15 is 0 Å². The monoisotopic (exact) mass is 462 g/mol. The minimum atomic E-state index is -0.453. The zero-order valence-corrected chi connectivity index (χ0v) is 19.9. The highest BCUT2D eigenvalue weighted by atomic mass is 32.2. The van der Waals surface area contributed by atoms with Gasteiger partial charge in [0.05, 0.1) is 12.3 Å². The van der Waals surface area contributed by atoms with Gasteiger partial charge in [-0.05, 0) is 55.3 Å². The van der Waals surface area contributed by atoms with Gasteiger partial charge in [-0.1, -0.05) is 55.8 Å². The van der Waals surface area contributed by atoms with Crippen molar-refractivity contribution >= 4 is 35.0 Å². The van der Waals surface area contributed by atoms with E-state index in [1.165, 1.54) is 11.8 Å². The minimum absolute atomic E-state index is 0.0201. The predicted octanol–water partition coefficient (Wildman–Crippen LogP) is 6.69. The molecule has 0 aliphatic carbocycles. The summed E-state index contributed by atoms with van der Waals surface area (Å²) in [6.07, 6.45) is 2.38. The lowest BCUT2D eigenvalue weighted by Crippen LogP contribution is -2.19. The fourth-order valence-corrected chi connectivity index (χ4v) is 4.29. The first kappa shape index (κ1) is 24.4. The molecule has 0 radical (unpaired) electrons. The molecule has 1 unspecified atom stereocenters. The third kappa shape index (κ3) is 7.39. The van der Waals surface area contributed by atoms with Gasteiger partial charge >= 0.3 is 0 Å². The van der Waals surface area contributed by atoms with Crippen molar-refractivity contribution in [3.05, 3.63) is 84.4 Å². The maximum absolute atomic E-state index is 13.3. The third-order valence-electron chi connectivity index (χ3n) is 4.93. The Bertz CT molecular complexity index is 1040. The summed E-state index contributed by atoms with van der Waals surface area (Å²) in [6.45, 7) is 4.50. The number of carbonyl (C=O) groups is 2. The molecule has 2 N–H and O–H groups in total. The molecule has 33 heavy (non-hydrogen) atoms. The topological polar surface area (TPSA) is 67.4 Å². The van der Waals surface area contributed by atoms with Crippen LogP contribution in [-0.2, 0) is 9.59 Å². The number of thioether (sulfide) groups is 1. The summed E-state index contributed by atoms with van der Waals surface area (Å²) in [6, 6.07) is 24.7. The van der Waals surface area contributed by atoms with Crippen molar-refractivity contribution in [2.24, 2.45) is 0 Å². The number of ether oxygens (including phenoxy) is 1. The van der Waals surface area contributed by atoms with Crippen molar-refractivity contribution in [1.82, 2.24) is 0 Å². The van der Waals surface area contributed by atoms with Crippen LogP contribution in [0, 0.1) is 0 Å². The zero-order valence-electron chi connectivity index (χ0n) is 19.0. The normalized spacial score (nSPS) is 11.5. The summed E-state index contributed by atoms with van der Waals surface area (Å²) in [5.41, 5.74) is 2.31. The van der Waals surface area contributed by atoms with Crippen LogP contribution in [0.2, 0.25) is 0 Å². The van der Waals surface area contributed by atoms with Gasteiger partial charge in [0.1, 0.15) is 11.0 Å². The fourth-order valence-electron chi connectivity index (χ4n) is 3.26. The third-order valence-corrected chi connectivity index (χ3v) is 6.20. The van der Waals surface area contributed by atoms with E-state index < -0.39 is 5.25 Å². The molecule has 172 valence electrons. The Labute approximate surface area is 199 Å². The van der Waals surface area contributed by atoms with Gasteiger partial charge in [0, 0.05) is 17.0 Å². The van der Waals surface area contributed by atoms with Crippen molar-refractivity contribution in [3.63, 3.8) is 0 Å². The molecule has 6 heteroatoms. The second-order valence-electron chi connectivity index (χ2n) is 7.50. The number of nitrogens with one attached hydrogen (secondary N) is 2. The summed E-state index contributed by atoms with van der Waals surface area (Å²) >= 11 is 1.46. The fraction of sp³-hybridized carbons (Fsp3) is 0.259. The minimum Gasteiger partial charge on any atom is -0.492 e. The lowest BCUT2D eigenvalue weighted by Gasteiger charge is -2.18. The smallest absolute Gasteiger partial charge is 0.242 e. The molecule has 0 bridgehead atoms. The Hall–Kier alpha value is -3.25. The van der Waals surface area contributed by atoms with Gasteiger partial charge in [-0.2, -0.15) is 0 Å². The predicted molar refractivity (Wildman–Crippen MR) is 136 cm³/mol. The van der Waals surface area contributed by atoms with E-state index in [0.29, 0.717) is 24.5 Å². The number of para-hydroxylation sites is 2. The van der Waals surface area contributed by atoms with Crippen LogP contribution < -0.4 is 15.4 Å². The standard InChI is InChI=1S/C27H30N2O3S/c1-3-5-15-25(30)28-21-16-18-22(19-17-21)33-26(20-11-7-6-8-12-20)27(31)29-23-13-9-10-14-24(23)32-4-2/h6-14,16-19,26H,3-5,15H2,1-2H3,(H,28,30)(H,29,31). The SMILES string of the molecule is CCCCC(=O)Nc1ccc(SC(C(=O)Nc2ccccc2OCC)c2ccccc2)cc1. The van der Waals surface area contributed by atoms with Gasteiger partial charge in [-0.25, -0.2) is 0 Å². The summed E-state index contributed by atoms with van der Waals surface area (Å²) in [7, 11) is 0. The van der Waals surface area contributed by atoms with Crippen LogP contribution in [0.4, 0.5) is 11.4 Å². The Kier molecular flexibility index (Phi) is 9.39. The molecule has 5 nitrogen and oxygen atoms in total.